The highest BCUT2D eigenvalue weighted by atomic mass is 16.3. The van der Waals surface area contributed by atoms with Crippen LogP contribution in [-0.2, 0) is 26.1 Å². The summed E-state index contributed by atoms with van der Waals surface area (Å²) in [5.41, 5.74) is 7.80. The van der Waals surface area contributed by atoms with Gasteiger partial charge in [0.05, 0.1) is 35.0 Å². The predicted molar refractivity (Wildman–Crippen MR) is 147 cm³/mol. The molecular formula is C31H31N5O. The van der Waals surface area contributed by atoms with Crippen LogP contribution in [0, 0.1) is 0 Å². The van der Waals surface area contributed by atoms with E-state index in [1.54, 1.807) is 6.07 Å². The first-order valence-electron chi connectivity index (χ1n) is 12.9. The Kier molecular flexibility index (Phi) is 6.57. The minimum absolute atomic E-state index is 0.251. The van der Waals surface area contributed by atoms with Crippen molar-refractivity contribution in [3.63, 3.8) is 0 Å². The van der Waals surface area contributed by atoms with Crippen LogP contribution < -0.4 is 5.32 Å². The van der Waals surface area contributed by atoms with Gasteiger partial charge in [0.25, 0.3) is 0 Å². The lowest BCUT2D eigenvalue weighted by Crippen LogP contribution is -2.31. The summed E-state index contributed by atoms with van der Waals surface area (Å²) in [5.74, 6) is 1.24. The van der Waals surface area contributed by atoms with Crippen molar-refractivity contribution < 1.29 is 5.11 Å². The van der Waals surface area contributed by atoms with Gasteiger partial charge in [-0.1, -0.05) is 54.6 Å². The molecule has 3 N–H and O–H groups in total. The van der Waals surface area contributed by atoms with Gasteiger partial charge in [-0.15, -0.1) is 0 Å². The molecule has 1 unspecified atom stereocenters. The number of nitrogens with zero attached hydrogens (tertiary/aromatic N) is 3. The van der Waals surface area contributed by atoms with Gasteiger partial charge in [-0.2, -0.15) is 0 Å². The number of hydrogen-bond acceptors (Lipinski definition) is 5. The molecule has 0 radical (unpaired) electrons. The van der Waals surface area contributed by atoms with Gasteiger partial charge in [0.15, 0.2) is 0 Å². The average Bonchev–Trinajstić information content (AvgIpc) is 3.35. The zero-order chi connectivity index (χ0) is 25.0. The first-order valence-corrected chi connectivity index (χ1v) is 12.9. The lowest BCUT2D eigenvalue weighted by atomic mass is 9.90. The molecule has 6 nitrogen and oxygen atoms in total. The monoisotopic (exact) mass is 489 g/mol. The van der Waals surface area contributed by atoms with E-state index in [0.29, 0.717) is 6.54 Å². The standard InChI is InChI=1S/C31H31N5O/c37-29-13-4-3-11-27(29)33-19-22-14-16-23(17-15-22)20-36(21-30-34-25-9-1-2-10-26(25)35-30)28-12-5-7-24-8-6-18-32-31(24)28/h1-4,6,8-11,13-18,28,33,37H,5,7,12,19-21H2,(H,34,35). The number of benzene rings is 3. The van der Waals surface area contributed by atoms with Gasteiger partial charge in [0.1, 0.15) is 11.6 Å². The summed E-state index contributed by atoms with van der Waals surface area (Å²) in [7, 11) is 0. The van der Waals surface area contributed by atoms with E-state index in [0.717, 1.165) is 54.9 Å². The first-order chi connectivity index (χ1) is 18.2. The molecule has 3 aromatic carbocycles. The molecule has 2 aromatic heterocycles. The normalized spacial score (nSPS) is 15.1. The summed E-state index contributed by atoms with van der Waals surface area (Å²) in [6.07, 6.45) is 5.27. The van der Waals surface area contributed by atoms with Crippen molar-refractivity contribution in [1.29, 1.82) is 0 Å². The van der Waals surface area contributed by atoms with Gasteiger partial charge in [-0.25, -0.2) is 4.98 Å². The van der Waals surface area contributed by atoms with Crippen LogP contribution in [0.1, 0.15) is 47.1 Å². The number of imidazole rings is 1. The Morgan fingerprint density at radius 2 is 1.70 bits per heavy atom. The number of para-hydroxylation sites is 4. The Morgan fingerprint density at radius 3 is 2.57 bits per heavy atom. The molecule has 0 fully saturated rings. The van der Waals surface area contributed by atoms with Crippen LogP contribution in [0.15, 0.2) is 91.1 Å². The van der Waals surface area contributed by atoms with E-state index in [1.807, 2.05) is 42.6 Å². The van der Waals surface area contributed by atoms with Crippen molar-refractivity contribution >= 4 is 16.7 Å². The number of pyridine rings is 1. The summed E-state index contributed by atoms with van der Waals surface area (Å²) in [6.45, 7) is 2.19. The molecule has 1 atom stereocenters. The summed E-state index contributed by atoms with van der Waals surface area (Å²) in [4.78, 5) is 15.7. The number of hydrogen-bond donors (Lipinski definition) is 3. The Balaban J connectivity index is 1.23. The number of aromatic hydroxyl groups is 1. The highest BCUT2D eigenvalue weighted by molar-refractivity contribution is 5.74. The minimum Gasteiger partial charge on any atom is -0.506 e. The smallest absolute Gasteiger partial charge is 0.138 e. The largest absolute Gasteiger partial charge is 0.506 e. The number of anilines is 1. The van der Waals surface area contributed by atoms with Crippen LogP contribution in [0.2, 0.25) is 0 Å². The molecule has 0 aliphatic heterocycles. The Hall–Kier alpha value is -4.16. The highest BCUT2D eigenvalue weighted by Gasteiger charge is 2.28. The number of H-pyrrole nitrogens is 1. The van der Waals surface area contributed by atoms with Crippen LogP contribution in [0.4, 0.5) is 5.69 Å². The van der Waals surface area contributed by atoms with Crippen molar-refractivity contribution in [3.05, 3.63) is 119 Å². The van der Waals surface area contributed by atoms with E-state index in [4.69, 9.17) is 9.97 Å². The molecule has 0 saturated heterocycles. The third-order valence-electron chi connectivity index (χ3n) is 7.19. The van der Waals surface area contributed by atoms with Crippen LogP contribution in [0.5, 0.6) is 5.75 Å². The van der Waals surface area contributed by atoms with Gasteiger partial charge in [0.2, 0.25) is 0 Å². The fraction of sp³-hybridized carbons (Fsp3) is 0.226. The lowest BCUT2D eigenvalue weighted by molar-refractivity contribution is 0.153. The van der Waals surface area contributed by atoms with Crippen molar-refractivity contribution in [2.45, 2.75) is 44.9 Å². The number of aryl methyl sites for hydroxylation is 1. The molecular weight excluding hydrogens is 458 g/mol. The molecule has 1 aliphatic rings. The molecule has 186 valence electrons. The molecule has 5 aromatic rings. The van der Waals surface area contributed by atoms with E-state index in [-0.39, 0.29) is 11.8 Å². The average molecular weight is 490 g/mol. The highest BCUT2D eigenvalue weighted by Crippen LogP contribution is 2.35. The maximum atomic E-state index is 10.0. The number of rotatable bonds is 8. The fourth-order valence-electron chi connectivity index (χ4n) is 5.31. The minimum atomic E-state index is 0.251. The molecule has 0 bridgehead atoms. The Bertz CT molecular complexity index is 1460. The van der Waals surface area contributed by atoms with Gasteiger partial charge >= 0.3 is 0 Å². The number of nitrogens with one attached hydrogen (secondary N) is 2. The number of aromatic amines is 1. The van der Waals surface area contributed by atoms with Crippen LogP contribution >= 0.6 is 0 Å². The Labute approximate surface area is 217 Å². The van der Waals surface area contributed by atoms with Crippen LogP contribution in [-0.4, -0.2) is 25.0 Å². The second-order valence-corrected chi connectivity index (χ2v) is 9.75. The number of aromatic nitrogens is 3. The molecule has 0 spiro atoms. The third-order valence-corrected chi connectivity index (χ3v) is 7.19. The molecule has 0 amide bonds. The molecule has 2 heterocycles. The SMILES string of the molecule is Oc1ccccc1NCc1ccc(CN(Cc2nc3ccccc3[nH]2)C2CCCc3cccnc32)cc1. The molecule has 6 rings (SSSR count). The molecule has 6 heteroatoms. The molecule has 37 heavy (non-hydrogen) atoms. The zero-order valence-electron chi connectivity index (χ0n) is 20.8. The fourth-order valence-corrected chi connectivity index (χ4v) is 5.31. The summed E-state index contributed by atoms with van der Waals surface area (Å²) < 4.78 is 0. The summed E-state index contributed by atoms with van der Waals surface area (Å²) in [6, 6.07) is 28.8. The first kappa shape index (κ1) is 23.3. The van der Waals surface area contributed by atoms with E-state index >= 15 is 0 Å². The third kappa shape index (κ3) is 5.20. The topological polar surface area (TPSA) is 77.1 Å². The van der Waals surface area contributed by atoms with E-state index in [2.05, 4.69) is 57.7 Å². The Morgan fingerprint density at radius 1 is 0.892 bits per heavy atom. The predicted octanol–water partition coefficient (Wildman–Crippen LogP) is 6.36. The van der Waals surface area contributed by atoms with Crippen molar-refractivity contribution in [2.75, 3.05) is 5.32 Å². The quantitative estimate of drug-likeness (QED) is 0.221. The van der Waals surface area contributed by atoms with E-state index in [1.165, 1.54) is 22.4 Å². The van der Waals surface area contributed by atoms with Crippen LogP contribution in [0.3, 0.4) is 0 Å². The number of fused-ring (bicyclic) bond motifs is 2. The summed E-state index contributed by atoms with van der Waals surface area (Å²) in [5, 5.41) is 13.3. The lowest BCUT2D eigenvalue weighted by Gasteiger charge is -2.34. The maximum Gasteiger partial charge on any atom is 0.138 e. The van der Waals surface area contributed by atoms with Crippen molar-refractivity contribution in [3.8, 4) is 5.75 Å². The van der Waals surface area contributed by atoms with Gasteiger partial charge in [-0.05, 0) is 66.3 Å². The second kappa shape index (κ2) is 10.4. The second-order valence-electron chi connectivity index (χ2n) is 9.75. The van der Waals surface area contributed by atoms with Gasteiger partial charge < -0.3 is 15.4 Å². The van der Waals surface area contributed by atoms with Crippen molar-refractivity contribution in [1.82, 2.24) is 19.9 Å². The number of phenols is 1. The molecule has 1 aliphatic carbocycles. The maximum absolute atomic E-state index is 10.0. The zero-order valence-corrected chi connectivity index (χ0v) is 20.8. The van der Waals surface area contributed by atoms with Crippen LogP contribution in [0.25, 0.3) is 11.0 Å². The van der Waals surface area contributed by atoms with Gasteiger partial charge in [-0.3, -0.25) is 9.88 Å². The van der Waals surface area contributed by atoms with Gasteiger partial charge in [0, 0.05) is 19.3 Å². The van der Waals surface area contributed by atoms with E-state index < -0.39 is 0 Å². The summed E-state index contributed by atoms with van der Waals surface area (Å²) >= 11 is 0. The van der Waals surface area contributed by atoms with Crippen molar-refractivity contribution in [2.24, 2.45) is 0 Å². The molecule has 0 saturated carbocycles. The number of phenolic OH excluding ortho intramolecular Hbond substituents is 1. The van der Waals surface area contributed by atoms with E-state index in [9.17, 15) is 5.11 Å².